The van der Waals surface area contributed by atoms with E-state index in [-0.39, 0.29) is 23.5 Å². The Labute approximate surface area is 147 Å². The zero-order valence-electron chi connectivity index (χ0n) is 14.7. The summed E-state index contributed by atoms with van der Waals surface area (Å²) in [6, 6.07) is 6.68. The Kier molecular flexibility index (Phi) is 4.50. The van der Waals surface area contributed by atoms with E-state index < -0.39 is 17.8 Å². The SMILES string of the molecule is CC(=O)c1ccc(NC(=O)[C@@H]2[C@@H](C(=O)O)[C@H]3CC[C@H]2C3=C(C)C)cc1. The fourth-order valence-electron chi connectivity index (χ4n) is 4.62. The Morgan fingerprint density at radius 1 is 0.960 bits per heavy atom. The van der Waals surface area contributed by atoms with Crippen LogP contribution in [0.5, 0.6) is 0 Å². The van der Waals surface area contributed by atoms with Crippen LogP contribution in [0, 0.1) is 23.7 Å². The van der Waals surface area contributed by atoms with E-state index in [1.54, 1.807) is 24.3 Å². The maximum absolute atomic E-state index is 12.8. The van der Waals surface area contributed by atoms with Crippen LogP contribution in [0.1, 0.15) is 44.0 Å². The fraction of sp³-hybridized carbons (Fsp3) is 0.450. The van der Waals surface area contributed by atoms with E-state index in [4.69, 9.17) is 0 Å². The summed E-state index contributed by atoms with van der Waals surface area (Å²) in [6.45, 7) is 5.49. The molecule has 2 saturated carbocycles. The number of benzene rings is 1. The average Bonchev–Trinajstić information content (AvgIpc) is 3.11. The van der Waals surface area contributed by atoms with Crippen molar-refractivity contribution in [3.8, 4) is 0 Å². The third-order valence-electron chi connectivity index (χ3n) is 5.57. The first kappa shape index (κ1) is 17.4. The quantitative estimate of drug-likeness (QED) is 0.648. The Morgan fingerprint density at radius 3 is 2.00 bits per heavy atom. The molecule has 0 spiro atoms. The van der Waals surface area contributed by atoms with Gasteiger partial charge in [-0.15, -0.1) is 0 Å². The molecule has 0 aromatic heterocycles. The normalized spacial score (nSPS) is 27.2. The van der Waals surface area contributed by atoms with Gasteiger partial charge in [0, 0.05) is 11.3 Å². The molecular weight excluding hydrogens is 318 g/mol. The predicted octanol–water partition coefficient (Wildman–Crippen LogP) is 3.52. The molecule has 4 atom stereocenters. The molecule has 0 unspecified atom stereocenters. The summed E-state index contributed by atoms with van der Waals surface area (Å²) in [6.07, 6.45) is 1.72. The number of carbonyl (C=O) groups excluding carboxylic acids is 2. The van der Waals surface area contributed by atoms with Crippen molar-refractivity contribution >= 4 is 23.3 Å². The minimum absolute atomic E-state index is 0.0209. The summed E-state index contributed by atoms with van der Waals surface area (Å²) in [4.78, 5) is 36.0. The largest absolute Gasteiger partial charge is 0.481 e. The number of anilines is 1. The van der Waals surface area contributed by atoms with Gasteiger partial charge in [-0.05, 0) is 69.7 Å². The summed E-state index contributed by atoms with van der Waals surface area (Å²) in [5, 5.41) is 12.5. The molecule has 2 fully saturated rings. The van der Waals surface area contributed by atoms with Crippen molar-refractivity contribution < 1.29 is 19.5 Å². The van der Waals surface area contributed by atoms with Crippen LogP contribution < -0.4 is 5.32 Å². The first-order valence-electron chi connectivity index (χ1n) is 8.63. The molecular formula is C20H23NO4. The van der Waals surface area contributed by atoms with Crippen LogP contribution in [-0.4, -0.2) is 22.8 Å². The lowest BCUT2D eigenvalue weighted by molar-refractivity contribution is -0.148. The van der Waals surface area contributed by atoms with Crippen molar-refractivity contribution in [2.45, 2.75) is 33.6 Å². The van der Waals surface area contributed by atoms with E-state index in [0.717, 1.165) is 18.4 Å². The van der Waals surface area contributed by atoms with Crippen LogP contribution in [-0.2, 0) is 9.59 Å². The molecule has 2 aliphatic carbocycles. The van der Waals surface area contributed by atoms with Crippen molar-refractivity contribution in [1.82, 2.24) is 0 Å². The van der Waals surface area contributed by atoms with E-state index in [2.05, 4.69) is 5.32 Å². The van der Waals surface area contributed by atoms with Crippen molar-refractivity contribution in [2.24, 2.45) is 23.7 Å². The highest BCUT2D eigenvalue weighted by atomic mass is 16.4. The molecule has 132 valence electrons. The number of carboxylic acids is 1. The van der Waals surface area contributed by atoms with Gasteiger partial charge in [-0.2, -0.15) is 0 Å². The van der Waals surface area contributed by atoms with Crippen LogP contribution in [0.15, 0.2) is 35.4 Å². The molecule has 0 radical (unpaired) electrons. The van der Waals surface area contributed by atoms with E-state index in [0.29, 0.717) is 11.3 Å². The van der Waals surface area contributed by atoms with Crippen molar-refractivity contribution in [1.29, 1.82) is 0 Å². The highest BCUT2D eigenvalue weighted by molar-refractivity contribution is 5.98. The third kappa shape index (κ3) is 2.99. The zero-order chi connectivity index (χ0) is 18.3. The summed E-state index contributed by atoms with van der Waals surface area (Å²) in [7, 11) is 0. The maximum Gasteiger partial charge on any atom is 0.307 e. The lowest BCUT2D eigenvalue weighted by atomic mass is 9.78. The average molecular weight is 341 g/mol. The number of ketones is 1. The van der Waals surface area contributed by atoms with E-state index in [1.807, 2.05) is 13.8 Å². The van der Waals surface area contributed by atoms with Gasteiger partial charge in [0.1, 0.15) is 0 Å². The van der Waals surface area contributed by atoms with Gasteiger partial charge < -0.3 is 10.4 Å². The Morgan fingerprint density at radius 2 is 1.52 bits per heavy atom. The number of carboxylic acid groups (broad SMARTS) is 1. The van der Waals surface area contributed by atoms with Gasteiger partial charge >= 0.3 is 5.97 Å². The van der Waals surface area contributed by atoms with Crippen LogP contribution >= 0.6 is 0 Å². The molecule has 0 saturated heterocycles. The van der Waals surface area contributed by atoms with Crippen molar-refractivity contribution in [3.63, 3.8) is 0 Å². The number of hydrogen-bond donors (Lipinski definition) is 2. The Hall–Kier alpha value is -2.43. The minimum atomic E-state index is -0.891. The fourth-order valence-corrected chi connectivity index (χ4v) is 4.62. The lowest BCUT2D eigenvalue weighted by Crippen LogP contribution is -2.37. The second-order valence-electron chi connectivity index (χ2n) is 7.26. The van der Waals surface area contributed by atoms with E-state index in [1.165, 1.54) is 12.5 Å². The number of hydrogen-bond acceptors (Lipinski definition) is 3. The van der Waals surface area contributed by atoms with Gasteiger partial charge in [0.25, 0.3) is 0 Å². The molecule has 0 heterocycles. The molecule has 5 heteroatoms. The molecule has 5 nitrogen and oxygen atoms in total. The molecule has 1 amide bonds. The smallest absolute Gasteiger partial charge is 0.307 e. The first-order valence-corrected chi connectivity index (χ1v) is 8.63. The number of nitrogens with one attached hydrogen (secondary N) is 1. The highest BCUT2D eigenvalue weighted by Crippen LogP contribution is 2.57. The van der Waals surface area contributed by atoms with Gasteiger partial charge in [0.15, 0.2) is 5.78 Å². The van der Waals surface area contributed by atoms with E-state index >= 15 is 0 Å². The molecule has 2 aliphatic rings. The summed E-state index contributed by atoms with van der Waals surface area (Å²) in [5.41, 5.74) is 3.47. The number of allylic oxidation sites excluding steroid dienone is 2. The van der Waals surface area contributed by atoms with Crippen LogP contribution in [0.4, 0.5) is 5.69 Å². The zero-order valence-corrected chi connectivity index (χ0v) is 14.7. The molecule has 1 aromatic carbocycles. The molecule has 2 N–H and O–H groups in total. The number of aliphatic carboxylic acids is 1. The van der Waals surface area contributed by atoms with Gasteiger partial charge in [-0.3, -0.25) is 14.4 Å². The molecule has 0 aliphatic heterocycles. The summed E-state index contributed by atoms with van der Waals surface area (Å²) < 4.78 is 0. The number of fused-ring (bicyclic) bond motifs is 2. The van der Waals surface area contributed by atoms with Crippen molar-refractivity contribution in [3.05, 3.63) is 41.0 Å². The summed E-state index contributed by atoms with van der Waals surface area (Å²) >= 11 is 0. The van der Waals surface area contributed by atoms with Gasteiger partial charge in [-0.25, -0.2) is 0 Å². The molecule has 1 aromatic rings. The highest BCUT2D eigenvalue weighted by Gasteiger charge is 2.57. The Bertz CT molecular complexity index is 758. The van der Waals surface area contributed by atoms with Crippen molar-refractivity contribution in [2.75, 3.05) is 5.32 Å². The van der Waals surface area contributed by atoms with Crippen LogP contribution in [0.25, 0.3) is 0 Å². The first-order chi connectivity index (χ1) is 11.8. The van der Waals surface area contributed by atoms with Crippen LogP contribution in [0.3, 0.4) is 0 Å². The topological polar surface area (TPSA) is 83.5 Å². The number of Topliss-reactive ketones (excluding diaryl/α,β-unsaturated/α-hetero) is 1. The van der Waals surface area contributed by atoms with Gasteiger partial charge in [0.05, 0.1) is 11.8 Å². The second kappa shape index (κ2) is 6.47. The summed E-state index contributed by atoms with van der Waals surface area (Å²) in [5.74, 6) is -2.36. The third-order valence-corrected chi connectivity index (χ3v) is 5.57. The number of amides is 1. The second-order valence-corrected chi connectivity index (χ2v) is 7.26. The number of rotatable bonds is 4. The number of carbonyl (C=O) groups is 3. The van der Waals surface area contributed by atoms with Gasteiger partial charge in [0.2, 0.25) is 5.91 Å². The maximum atomic E-state index is 12.8. The van der Waals surface area contributed by atoms with Gasteiger partial charge in [-0.1, -0.05) is 11.1 Å². The molecule has 2 bridgehead atoms. The van der Waals surface area contributed by atoms with E-state index in [9.17, 15) is 19.5 Å². The Balaban J connectivity index is 1.84. The van der Waals surface area contributed by atoms with Crippen LogP contribution in [0.2, 0.25) is 0 Å². The predicted molar refractivity (Wildman–Crippen MR) is 94.3 cm³/mol. The monoisotopic (exact) mass is 341 g/mol. The molecule has 3 rings (SSSR count). The minimum Gasteiger partial charge on any atom is -0.481 e. The lowest BCUT2D eigenvalue weighted by Gasteiger charge is -2.26. The standard InChI is InChI=1S/C20H23NO4/c1-10(2)16-14-8-9-15(16)18(20(24)25)17(14)19(23)21-13-6-4-12(5-7-13)11(3)22/h4-7,14-15,17-18H,8-9H2,1-3H3,(H,21,23)(H,24,25)/t14-,15-,17-,18-/m0/s1. The molecule has 25 heavy (non-hydrogen) atoms.